The molecule has 0 atom stereocenters. The molecule has 0 N–H and O–H groups in total. The van der Waals surface area contributed by atoms with Crippen LogP contribution in [0.25, 0.3) is 11.1 Å². The van der Waals surface area contributed by atoms with E-state index in [9.17, 15) is 0 Å². The third-order valence-electron chi connectivity index (χ3n) is 4.36. The van der Waals surface area contributed by atoms with E-state index in [1.54, 1.807) is 0 Å². The molecule has 0 aliphatic rings. The highest BCUT2D eigenvalue weighted by Gasteiger charge is 2.10. The summed E-state index contributed by atoms with van der Waals surface area (Å²) in [5.74, 6) is 0. The van der Waals surface area contributed by atoms with Crippen LogP contribution in [0.4, 0.5) is 0 Å². The third kappa shape index (κ3) is 2.96. The summed E-state index contributed by atoms with van der Waals surface area (Å²) in [7, 11) is 0. The van der Waals surface area contributed by atoms with Gasteiger partial charge in [0.1, 0.15) is 0 Å². The zero-order valence-electron chi connectivity index (χ0n) is 13.3. The highest BCUT2D eigenvalue weighted by atomic mass is 14.1. The molecule has 0 aromatic heterocycles. The molecule has 0 saturated heterocycles. The van der Waals surface area contributed by atoms with Crippen molar-refractivity contribution >= 4 is 0 Å². The van der Waals surface area contributed by atoms with E-state index in [2.05, 4.69) is 86.6 Å². The van der Waals surface area contributed by atoms with Crippen LogP contribution in [0.15, 0.2) is 72.8 Å². The van der Waals surface area contributed by atoms with E-state index in [0.717, 1.165) is 12.8 Å². The molecule has 3 rings (SSSR count). The largest absolute Gasteiger partial charge is 0.0622 e. The molecular formula is C22H22. The molecule has 0 saturated carbocycles. The topological polar surface area (TPSA) is 0 Å². The first kappa shape index (κ1) is 14.6. The fraction of sp³-hybridized carbons (Fsp3) is 0.182. The van der Waals surface area contributed by atoms with Crippen LogP contribution < -0.4 is 0 Å². The van der Waals surface area contributed by atoms with Gasteiger partial charge in [0.15, 0.2) is 0 Å². The molecule has 22 heavy (non-hydrogen) atoms. The molecule has 0 heterocycles. The quantitative estimate of drug-likeness (QED) is 0.567. The van der Waals surface area contributed by atoms with E-state index in [1.807, 2.05) is 0 Å². The Labute approximate surface area is 133 Å². The predicted molar refractivity (Wildman–Crippen MR) is 95.2 cm³/mol. The van der Waals surface area contributed by atoms with Gasteiger partial charge in [-0.1, -0.05) is 79.7 Å². The smallest absolute Gasteiger partial charge is 0.00143 e. The van der Waals surface area contributed by atoms with Crippen molar-refractivity contribution in [2.45, 2.75) is 26.7 Å². The predicted octanol–water partition coefficient (Wildman–Crippen LogP) is 5.82. The van der Waals surface area contributed by atoms with Crippen LogP contribution in [0.3, 0.4) is 0 Å². The minimum atomic E-state index is 1.00. The highest BCUT2D eigenvalue weighted by molar-refractivity contribution is 5.69. The second-order valence-electron chi connectivity index (χ2n) is 5.77. The zero-order valence-corrected chi connectivity index (χ0v) is 13.3. The minimum absolute atomic E-state index is 1.00. The molecule has 0 nitrogen and oxygen atoms in total. The summed E-state index contributed by atoms with van der Waals surface area (Å²) in [6.07, 6.45) is 2.09. The Bertz CT molecular complexity index is 754. The van der Waals surface area contributed by atoms with Gasteiger partial charge >= 0.3 is 0 Å². The minimum Gasteiger partial charge on any atom is -0.0622 e. The molecular weight excluding hydrogens is 264 g/mol. The van der Waals surface area contributed by atoms with Crippen LogP contribution in [0.2, 0.25) is 0 Å². The monoisotopic (exact) mass is 286 g/mol. The Morgan fingerprint density at radius 2 is 1.36 bits per heavy atom. The molecule has 0 aliphatic heterocycles. The van der Waals surface area contributed by atoms with Crippen molar-refractivity contribution in [1.82, 2.24) is 0 Å². The van der Waals surface area contributed by atoms with Gasteiger partial charge in [-0.15, -0.1) is 0 Å². The first-order chi connectivity index (χ1) is 10.8. The molecule has 110 valence electrons. The summed E-state index contributed by atoms with van der Waals surface area (Å²) >= 11 is 0. The average Bonchev–Trinajstić information content (AvgIpc) is 2.58. The van der Waals surface area contributed by atoms with Gasteiger partial charge in [0.25, 0.3) is 0 Å². The summed E-state index contributed by atoms with van der Waals surface area (Å²) in [5, 5.41) is 0. The van der Waals surface area contributed by atoms with E-state index in [4.69, 9.17) is 0 Å². The fourth-order valence-corrected chi connectivity index (χ4v) is 3.09. The van der Waals surface area contributed by atoms with Crippen molar-refractivity contribution in [2.24, 2.45) is 0 Å². The van der Waals surface area contributed by atoms with Crippen LogP contribution in [-0.4, -0.2) is 0 Å². The Morgan fingerprint density at radius 1 is 0.682 bits per heavy atom. The Morgan fingerprint density at radius 3 is 2.09 bits per heavy atom. The first-order valence-electron chi connectivity index (χ1n) is 8.00. The third-order valence-corrected chi connectivity index (χ3v) is 4.36. The van der Waals surface area contributed by atoms with Crippen molar-refractivity contribution in [3.63, 3.8) is 0 Å². The second-order valence-corrected chi connectivity index (χ2v) is 5.77. The lowest BCUT2D eigenvalue weighted by atomic mass is 9.90. The summed E-state index contributed by atoms with van der Waals surface area (Å²) < 4.78 is 0. The standard InChI is InChI=1S/C22H22/c1-3-18-11-7-8-14-20(18)16-22-17(2)10-9-15-21(22)19-12-5-4-6-13-19/h4-15H,3,16H2,1-2H3. The Balaban J connectivity index is 2.07. The number of benzene rings is 3. The van der Waals surface area contributed by atoms with E-state index >= 15 is 0 Å². The van der Waals surface area contributed by atoms with Gasteiger partial charge in [0, 0.05) is 0 Å². The van der Waals surface area contributed by atoms with Crippen molar-refractivity contribution < 1.29 is 0 Å². The molecule has 0 aliphatic carbocycles. The van der Waals surface area contributed by atoms with Crippen LogP contribution >= 0.6 is 0 Å². The first-order valence-corrected chi connectivity index (χ1v) is 8.00. The molecule has 0 unspecified atom stereocenters. The van der Waals surface area contributed by atoms with Gasteiger partial charge in [-0.25, -0.2) is 0 Å². The van der Waals surface area contributed by atoms with Crippen LogP contribution in [0.5, 0.6) is 0 Å². The van der Waals surface area contributed by atoms with Crippen molar-refractivity contribution in [1.29, 1.82) is 0 Å². The molecule has 0 amide bonds. The van der Waals surface area contributed by atoms with Crippen LogP contribution in [-0.2, 0) is 12.8 Å². The molecule has 3 aromatic rings. The molecule has 0 fully saturated rings. The van der Waals surface area contributed by atoms with Gasteiger partial charge in [0.05, 0.1) is 0 Å². The van der Waals surface area contributed by atoms with Crippen molar-refractivity contribution in [3.8, 4) is 11.1 Å². The lowest BCUT2D eigenvalue weighted by Gasteiger charge is -2.15. The van der Waals surface area contributed by atoms with Gasteiger partial charge < -0.3 is 0 Å². The molecule has 3 aromatic carbocycles. The highest BCUT2D eigenvalue weighted by Crippen LogP contribution is 2.29. The molecule has 0 spiro atoms. The van der Waals surface area contributed by atoms with Crippen LogP contribution in [0.1, 0.15) is 29.2 Å². The number of hydrogen-bond donors (Lipinski definition) is 0. The maximum Gasteiger partial charge on any atom is -0.00143 e. The Kier molecular flexibility index (Phi) is 4.39. The molecule has 0 heteroatoms. The number of aryl methyl sites for hydroxylation is 2. The maximum atomic E-state index is 2.26. The van der Waals surface area contributed by atoms with Gasteiger partial charge in [0.2, 0.25) is 0 Å². The van der Waals surface area contributed by atoms with Gasteiger partial charge in [-0.3, -0.25) is 0 Å². The van der Waals surface area contributed by atoms with E-state index in [1.165, 1.54) is 33.4 Å². The summed E-state index contributed by atoms with van der Waals surface area (Å²) in [6, 6.07) is 26.1. The summed E-state index contributed by atoms with van der Waals surface area (Å²) in [4.78, 5) is 0. The van der Waals surface area contributed by atoms with Crippen LogP contribution in [0, 0.1) is 6.92 Å². The normalized spacial score (nSPS) is 10.6. The molecule has 0 bridgehead atoms. The van der Waals surface area contributed by atoms with E-state index < -0.39 is 0 Å². The van der Waals surface area contributed by atoms with Crippen molar-refractivity contribution in [3.05, 3.63) is 95.1 Å². The summed E-state index contributed by atoms with van der Waals surface area (Å²) in [5.41, 5.74) is 8.35. The number of rotatable bonds is 4. The average molecular weight is 286 g/mol. The SMILES string of the molecule is CCc1ccccc1Cc1c(C)cccc1-c1ccccc1. The van der Waals surface area contributed by atoms with Gasteiger partial charge in [-0.2, -0.15) is 0 Å². The summed E-state index contributed by atoms with van der Waals surface area (Å²) in [6.45, 7) is 4.45. The number of hydrogen-bond acceptors (Lipinski definition) is 0. The van der Waals surface area contributed by atoms with Crippen molar-refractivity contribution in [2.75, 3.05) is 0 Å². The molecule has 0 radical (unpaired) electrons. The Hall–Kier alpha value is -2.34. The zero-order chi connectivity index (χ0) is 15.4. The lowest BCUT2D eigenvalue weighted by Crippen LogP contribution is -1.99. The van der Waals surface area contributed by atoms with Gasteiger partial charge in [-0.05, 0) is 53.1 Å². The van der Waals surface area contributed by atoms with E-state index in [0.29, 0.717) is 0 Å². The van der Waals surface area contributed by atoms with E-state index in [-0.39, 0.29) is 0 Å². The maximum absolute atomic E-state index is 2.26. The second kappa shape index (κ2) is 6.62. The fourth-order valence-electron chi connectivity index (χ4n) is 3.09. The lowest BCUT2D eigenvalue weighted by molar-refractivity contribution is 1.05.